The molecule has 4 rings (SSSR count). The van der Waals surface area contributed by atoms with E-state index in [4.69, 9.17) is 4.74 Å². The molecule has 0 bridgehead atoms. The summed E-state index contributed by atoms with van der Waals surface area (Å²) in [5, 5.41) is 3.17. The Morgan fingerprint density at radius 2 is 1.92 bits per heavy atom. The van der Waals surface area contributed by atoms with E-state index in [1.54, 1.807) is 6.20 Å². The van der Waals surface area contributed by atoms with Gasteiger partial charge in [0.05, 0.1) is 12.7 Å². The van der Waals surface area contributed by atoms with Gasteiger partial charge in [-0.2, -0.15) is 0 Å². The second kappa shape index (κ2) is 8.03. The third-order valence-electron chi connectivity index (χ3n) is 4.39. The normalized spacial score (nSPS) is 17.8. The summed E-state index contributed by atoms with van der Waals surface area (Å²) in [5.74, 6) is 1.51. The second-order valence-electron chi connectivity index (χ2n) is 6.28. The van der Waals surface area contributed by atoms with E-state index in [1.165, 1.54) is 17.5 Å². The van der Waals surface area contributed by atoms with Crippen LogP contribution in [0.5, 0.6) is 0 Å². The molecule has 26 heavy (non-hydrogen) atoms. The van der Waals surface area contributed by atoms with Gasteiger partial charge in [-0.05, 0) is 23.3 Å². The molecule has 1 saturated heterocycles. The Morgan fingerprint density at radius 3 is 2.69 bits per heavy atom. The van der Waals surface area contributed by atoms with E-state index < -0.39 is 0 Å². The van der Waals surface area contributed by atoms with Crippen LogP contribution in [0.4, 0.5) is 11.6 Å². The summed E-state index contributed by atoms with van der Waals surface area (Å²) in [5.41, 5.74) is 2.42. The molecule has 0 amide bonds. The molecule has 0 spiro atoms. The van der Waals surface area contributed by atoms with Crippen LogP contribution in [0.1, 0.15) is 17.2 Å². The Hall–Kier alpha value is -2.83. The van der Waals surface area contributed by atoms with Crippen LogP contribution in [-0.4, -0.2) is 39.5 Å². The fourth-order valence-electron chi connectivity index (χ4n) is 3.06. The van der Waals surface area contributed by atoms with Gasteiger partial charge in [0, 0.05) is 32.0 Å². The maximum atomic E-state index is 5.94. The minimum atomic E-state index is 0.136. The first-order valence-corrected chi connectivity index (χ1v) is 8.74. The minimum Gasteiger partial charge on any atom is -0.371 e. The molecule has 6 nitrogen and oxygen atoms in total. The first kappa shape index (κ1) is 16.6. The fourth-order valence-corrected chi connectivity index (χ4v) is 3.06. The van der Waals surface area contributed by atoms with Gasteiger partial charge >= 0.3 is 0 Å². The Morgan fingerprint density at radius 1 is 1.04 bits per heavy atom. The standard InChI is InChI=1S/C20H21N5O/c1-2-4-17(5-3-1)18-14-25(10-11-26-18)13-16-6-7-19(22-12-16)24-20-8-9-21-15-23-20/h1-9,12,15,18H,10-11,13-14H2,(H,21,22,23,24). The van der Waals surface area contributed by atoms with E-state index in [1.807, 2.05) is 24.4 Å². The van der Waals surface area contributed by atoms with E-state index in [9.17, 15) is 0 Å². The maximum Gasteiger partial charge on any atom is 0.134 e. The number of anilines is 2. The molecule has 132 valence electrons. The number of hydrogen-bond acceptors (Lipinski definition) is 6. The van der Waals surface area contributed by atoms with Crippen molar-refractivity contribution in [1.82, 2.24) is 19.9 Å². The van der Waals surface area contributed by atoms with Crippen molar-refractivity contribution in [3.63, 3.8) is 0 Å². The monoisotopic (exact) mass is 347 g/mol. The van der Waals surface area contributed by atoms with Crippen molar-refractivity contribution < 1.29 is 4.74 Å². The topological polar surface area (TPSA) is 63.2 Å². The quantitative estimate of drug-likeness (QED) is 0.765. The molecule has 3 aromatic rings. The van der Waals surface area contributed by atoms with Crippen LogP contribution >= 0.6 is 0 Å². The highest BCUT2D eigenvalue weighted by atomic mass is 16.5. The smallest absolute Gasteiger partial charge is 0.134 e. The Balaban J connectivity index is 1.36. The summed E-state index contributed by atoms with van der Waals surface area (Å²) in [4.78, 5) is 14.9. The number of pyridine rings is 1. The first-order valence-electron chi connectivity index (χ1n) is 8.74. The number of nitrogens with one attached hydrogen (secondary N) is 1. The van der Waals surface area contributed by atoms with Gasteiger partial charge < -0.3 is 10.1 Å². The van der Waals surface area contributed by atoms with Crippen LogP contribution in [0.2, 0.25) is 0 Å². The highest BCUT2D eigenvalue weighted by Crippen LogP contribution is 2.23. The lowest BCUT2D eigenvalue weighted by Crippen LogP contribution is -2.37. The summed E-state index contributed by atoms with van der Waals surface area (Å²) in [7, 11) is 0. The zero-order valence-electron chi connectivity index (χ0n) is 14.5. The molecule has 1 fully saturated rings. The lowest BCUT2D eigenvalue weighted by atomic mass is 10.1. The third kappa shape index (κ3) is 4.22. The fraction of sp³-hybridized carbons (Fsp3) is 0.250. The van der Waals surface area contributed by atoms with Crippen molar-refractivity contribution in [2.24, 2.45) is 0 Å². The Bertz CT molecular complexity index is 811. The van der Waals surface area contributed by atoms with Crippen molar-refractivity contribution in [3.05, 3.63) is 78.4 Å². The van der Waals surface area contributed by atoms with Crippen molar-refractivity contribution in [3.8, 4) is 0 Å². The maximum absolute atomic E-state index is 5.94. The molecule has 0 saturated carbocycles. The third-order valence-corrected chi connectivity index (χ3v) is 4.39. The molecule has 1 N–H and O–H groups in total. The Kier molecular flexibility index (Phi) is 5.14. The number of aromatic nitrogens is 3. The van der Waals surface area contributed by atoms with Gasteiger partial charge in [-0.1, -0.05) is 36.4 Å². The lowest BCUT2D eigenvalue weighted by molar-refractivity contribution is -0.0329. The van der Waals surface area contributed by atoms with Crippen LogP contribution in [0.15, 0.2) is 67.3 Å². The zero-order chi connectivity index (χ0) is 17.6. The largest absolute Gasteiger partial charge is 0.371 e. The molecule has 0 aliphatic carbocycles. The van der Waals surface area contributed by atoms with Gasteiger partial charge in [0.25, 0.3) is 0 Å². The van der Waals surface area contributed by atoms with E-state index in [0.717, 1.165) is 37.9 Å². The number of hydrogen-bond donors (Lipinski definition) is 1. The van der Waals surface area contributed by atoms with Crippen LogP contribution < -0.4 is 5.32 Å². The predicted octanol–water partition coefficient (Wildman–Crippen LogP) is 3.19. The van der Waals surface area contributed by atoms with Crippen molar-refractivity contribution in [2.75, 3.05) is 25.0 Å². The molecular weight excluding hydrogens is 326 g/mol. The Labute approximate surface area is 152 Å². The number of rotatable bonds is 5. The average molecular weight is 347 g/mol. The van der Waals surface area contributed by atoms with Crippen molar-refractivity contribution in [2.45, 2.75) is 12.6 Å². The average Bonchev–Trinajstić information content (AvgIpc) is 2.71. The van der Waals surface area contributed by atoms with E-state index in [2.05, 4.69) is 55.5 Å². The zero-order valence-corrected chi connectivity index (χ0v) is 14.5. The molecule has 3 heterocycles. The minimum absolute atomic E-state index is 0.136. The second-order valence-corrected chi connectivity index (χ2v) is 6.28. The summed E-state index contributed by atoms with van der Waals surface area (Å²) in [6, 6.07) is 16.3. The van der Waals surface area contributed by atoms with Crippen LogP contribution in [0, 0.1) is 0 Å². The van der Waals surface area contributed by atoms with Gasteiger partial charge in [0.1, 0.15) is 18.0 Å². The summed E-state index contributed by atoms with van der Waals surface area (Å²) in [6.45, 7) is 3.45. The molecule has 1 aliphatic heterocycles. The number of morpholine rings is 1. The molecule has 6 heteroatoms. The molecule has 1 unspecified atom stereocenters. The van der Waals surface area contributed by atoms with Crippen LogP contribution in [0.25, 0.3) is 0 Å². The molecule has 1 aromatic carbocycles. The van der Waals surface area contributed by atoms with E-state index >= 15 is 0 Å². The molecule has 1 atom stereocenters. The first-order chi connectivity index (χ1) is 12.9. The lowest BCUT2D eigenvalue weighted by Gasteiger charge is -2.33. The van der Waals surface area contributed by atoms with Gasteiger partial charge in [0.2, 0.25) is 0 Å². The van der Waals surface area contributed by atoms with Crippen LogP contribution in [0.3, 0.4) is 0 Å². The number of benzene rings is 1. The van der Waals surface area contributed by atoms with Crippen LogP contribution in [-0.2, 0) is 11.3 Å². The molecule has 2 aromatic heterocycles. The van der Waals surface area contributed by atoms with Crippen molar-refractivity contribution >= 4 is 11.6 Å². The number of ether oxygens (including phenoxy) is 1. The highest BCUT2D eigenvalue weighted by molar-refractivity contribution is 5.50. The van der Waals surface area contributed by atoms with Gasteiger partial charge in [-0.3, -0.25) is 4.90 Å². The SMILES string of the molecule is c1ccc(C2CN(Cc3ccc(Nc4ccncn4)nc3)CCO2)cc1. The van der Waals surface area contributed by atoms with Gasteiger partial charge in [-0.25, -0.2) is 15.0 Å². The number of nitrogens with zero attached hydrogens (tertiary/aromatic N) is 4. The van der Waals surface area contributed by atoms with E-state index in [-0.39, 0.29) is 6.10 Å². The van der Waals surface area contributed by atoms with Gasteiger partial charge in [-0.15, -0.1) is 0 Å². The molecule has 1 aliphatic rings. The van der Waals surface area contributed by atoms with E-state index in [0.29, 0.717) is 0 Å². The summed E-state index contributed by atoms with van der Waals surface area (Å²) >= 11 is 0. The molecular formula is C20H21N5O. The van der Waals surface area contributed by atoms with Crippen molar-refractivity contribution in [1.29, 1.82) is 0 Å². The molecule has 0 radical (unpaired) electrons. The predicted molar refractivity (Wildman–Crippen MR) is 100.0 cm³/mol. The summed E-state index contributed by atoms with van der Waals surface area (Å²) < 4.78 is 5.94. The summed E-state index contributed by atoms with van der Waals surface area (Å²) in [6.07, 6.45) is 5.26. The van der Waals surface area contributed by atoms with Gasteiger partial charge in [0.15, 0.2) is 0 Å². The highest BCUT2D eigenvalue weighted by Gasteiger charge is 2.21.